The summed E-state index contributed by atoms with van der Waals surface area (Å²) in [6.45, 7) is 8.56. The molecule has 0 saturated heterocycles. The van der Waals surface area contributed by atoms with Crippen LogP contribution in [0.4, 0.5) is 0 Å². The van der Waals surface area contributed by atoms with Crippen LogP contribution in [0.3, 0.4) is 0 Å². The molecule has 0 aromatic carbocycles. The first kappa shape index (κ1) is 16.5. The van der Waals surface area contributed by atoms with Crippen LogP contribution < -0.4 is 5.32 Å². The lowest BCUT2D eigenvalue weighted by Gasteiger charge is -2.13. The third-order valence-corrected chi connectivity index (χ3v) is 4.28. The van der Waals surface area contributed by atoms with Gasteiger partial charge in [0, 0.05) is 7.05 Å². The van der Waals surface area contributed by atoms with Crippen molar-refractivity contribution in [1.82, 2.24) is 24.9 Å². The van der Waals surface area contributed by atoms with Crippen molar-refractivity contribution in [1.29, 1.82) is 0 Å². The molecule has 1 unspecified atom stereocenters. The summed E-state index contributed by atoms with van der Waals surface area (Å²) in [7, 11) is 1.87. The van der Waals surface area contributed by atoms with Crippen LogP contribution in [0, 0.1) is 26.7 Å². The number of hydrogen-bond donors (Lipinski definition) is 1. The average molecular weight is 324 g/mol. The number of hydrogen-bond acceptors (Lipinski definition) is 3. The number of aryl methyl sites for hydroxylation is 3. The van der Waals surface area contributed by atoms with Gasteiger partial charge in [-0.25, -0.2) is 0 Å². The summed E-state index contributed by atoms with van der Waals surface area (Å²) in [6.07, 6.45) is 0. The highest BCUT2D eigenvalue weighted by molar-refractivity contribution is 6.31. The van der Waals surface area contributed by atoms with Gasteiger partial charge in [0.15, 0.2) is 0 Å². The highest BCUT2D eigenvalue weighted by atomic mass is 35.5. The first-order chi connectivity index (χ1) is 10.3. The molecule has 1 N–H and O–H groups in total. The van der Waals surface area contributed by atoms with E-state index in [1.165, 1.54) is 0 Å². The Labute approximate surface area is 135 Å². The molecule has 120 valence electrons. The number of carbonyl (C=O) groups excluding carboxylic acids is 1. The lowest BCUT2D eigenvalue weighted by molar-refractivity contribution is -0.125. The molecule has 0 bridgehead atoms. The van der Waals surface area contributed by atoms with Crippen LogP contribution in [0.2, 0.25) is 5.02 Å². The molecule has 7 heteroatoms. The Morgan fingerprint density at radius 1 is 1.36 bits per heavy atom. The van der Waals surface area contributed by atoms with Gasteiger partial charge in [0.2, 0.25) is 5.91 Å². The van der Waals surface area contributed by atoms with E-state index in [9.17, 15) is 4.79 Å². The minimum Gasteiger partial charge on any atom is -0.350 e. The van der Waals surface area contributed by atoms with Gasteiger partial charge in [0.05, 0.1) is 46.8 Å². The molecule has 0 radical (unpaired) electrons. The van der Waals surface area contributed by atoms with Gasteiger partial charge in [-0.2, -0.15) is 10.2 Å². The van der Waals surface area contributed by atoms with Crippen molar-refractivity contribution in [3.63, 3.8) is 0 Å². The Bertz CT molecular complexity index is 688. The maximum atomic E-state index is 12.2. The quantitative estimate of drug-likeness (QED) is 0.917. The summed E-state index contributed by atoms with van der Waals surface area (Å²) in [6, 6.07) is 1.96. The smallest absolute Gasteiger partial charge is 0.225 e. The SMILES string of the molecule is Cc1cc(CNC(=O)C(C)Cn2nc(C)c(Cl)c2C)n(C)n1. The molecule has 2 heterocycles. The summed E-state index contributed by atoms with van der Waals surface area (Å²) >= 11 is 6.13. The van der Waals surface area contributed by atoms with Crippen LogP contribution in [-0.2, 0) is 24.9 Å². The van der Waals surface area contributed by atoms with Gasteiger partial charge in [-0.1, -0.05) is 18.5 Å². The van der Waals surface area contributed by atoms with Gasteiger partial charge in [-0.3, -0.25) is 14.2 Å². The first-order valence-corrected chi connectivity index (χ1v) is 7.64. The molecule has 2 aromatic rings. The Hall–Kier alpha value is -1.82. The number of halogens is 1. The molecule has 0 fully saturated rings. The van der Waals surface area contributed by atoms with E-state index >= 15 is 0 Å². The molecule has 0 saturated carbocycles. The third kappa shape index (κ3) is 3.50. The van der Waals surface area contributed by atoms with Gasteiger partial charge in [0.25, 0.3) is 0 Å². The first-order valence-electron chi connectivity index (χ1n) is 7.26. The monoisotopic (exact) mass is 323 g/mol. The van der Waals surface area contributed by atoms with E-state index in [1.54, 1.807) is 9.36 Å². The molecule has 22 heavy (non-hydrogen) atoms. The van der Waals surface area contributed by atoms with E-state index in [0.29, 0.717) is 18.1 Å². The van der Waals surface area contributed by atoms with Crippen LogP contribution in [0.1, 0.15) is 29.7 Å². The molecule has 0 spiro atoms. The normalized spacial score (nSPS) is 12.5. The summed E-state index contributed by atoms with van der Waals surface area (Å²) < 4.78 is 3.57. The molecule has 1 amide bonds. The topological polar surface area (TPSA) is 64.7 Å². The fourth-order valence-electron chi connectivity index (χ4n) is 2.38. The Morgan fingerprint density at radius 2 is 2.05 bits per heavy atom. The average Bonchev–Trinajstić information content (AvgIpc) is 2.90. The minimum atomic E-state index is -0.191. The zero-order chi connectivity index (χ0) is 16.4. The molecule has 0 aliphatic rings. The van der Waals surface area contributed by atoms with Crippen molar-refractivity contribution >= 4 is 17.5 Å². The molecular weight excluding hydrogens is 302 g/mol. The molecule has 2 aromatic heterocycles. The Balaban J connectivity index is 1.94. The van der Waals surface area contributed by atoms with Gasteiger partial charge < -0.3 is 5.32 Å². The van der Waals surface area contributed by atoms with E-state index in [4.69, 9.17) is 11.6 Å². The largest absolute Gasteiger partial charge is 0.350 e. The fraction of sp³-hybridized carbons (Fsp3) is 0.533. The van der Waals surface area contributed by atoms with E-state index in [1.807, 2.05) is 40.8 Å². The van der Waals surface area contributed by atoms with E-state index < -0.39 is 0 Å². The lowest BCUT2D eigenvalue weighted by Crippen LogP contribution is -2.32. The van der Waals surface area contributed by atoms with Crippen LogP contribution in [0.5, 0.6) is 0 Å². The van der Waals surface area contributed by atoms with Crippen LogP contribution >= 0.6 is 11.6 Å². The molecule has 6 nitrogen and oxygen atoms in total. The van der Waals surface area contributed by atoms with Gasteiger partial charge in [-0.05, 0) is 26.8 Å². The van der Waals surface area contributed by atoms with Crippen molar-refractivity contribution in [3.05, 3.63) is 33.9 Å². The summed E-state index contributed by atoms with van der Waals surface area (Å²) in [5.74, 6) is -0.203. The molecule has 0 aliphatic carbocycles. The van der Waals surface area contributed by atoms with Crippen molar-refractivity contribution in [2.45, 2.75) is 40.8 Å². The van der Waals surface area contributed by atoms with Crippen molar-refractivity contribution < 1.29 is 4.79 Å². The number of aromatic nitrogens is 4. The second-order valence-corrected chi connectivity index (χ2v) is 6.06. The summed E-state index contributed by atoms with van der Waals surface area (Å²) in [5, 5.41) is 12.2. The fourth-order valence-corrected chi connectivity index (χ4v) is 2.51. The molecule has 1 atom stereocenters. The standard InChI is InChI=1S/C15H22ClN5O/c1-9(8-21-12(4)14(16)11(3)19-21)15(22)17-7-13-6-10(2)18-20(13)5/h6,9H,7-8H2,1-5H3,(H,17,22). The van der Waals surface area contributed by atoms with E-state index in [-0.39, 0.29) is 11.8 Å². The van der Waals surface area contributed by atoms with E-state index in [2.05, 4.69) is 15.5 Å². The maximum Gasteiger partial charge on any atom is 0.225 e. The Morgan fingerprint density at radius 3 is 2.55 bits per heavy atom. The van der Waals surface area contributed by atoms with Crippen LogP contribution in [-0.4, -0.2) is 25.5 Å². The minimum absolute atomic E-state index is 0.0115. The van der Waals surface area contributed by atoms with Crippen LogP contribution in [0.25, 0.3) is 0 Å². The van der Waals surface area contributed by atoms with Crippen LogP contribution in [0.15, 0.2) is 6.07 Å². The number of carbonyl (C=O) groups is 1. The zero-order valence-electron chi connectivity index (χ0n) is 13.6. The molecular formula is C15H22ClN5O. The van der Waals surface area contributed by atoms with Gasteiger partial charge in [-0.15, -0.1) is 0 Å². The van der Waals surface area contributed by atoms with Gasteiger partial charge in [0.1, 0.15) is 0 Å². The van der Waals surface area contributed by atoms with Crippen molar-refractivity contribution in [2.24, 2.45) is 13.0 Å². The van der Waals surface area contributed by atoms with Crippen molar-refractivity contribution in [2.75, 3.05) is 0 Å². The zero-order valence-corrected chi connectivity index (χ0v) is 14.4. The molecule has 0 aliphatic heterocycles. The third-order valence-electron chi connectivity index (χ3n) is 3.73. The van der Waals surface area contributed by atoms with E-state index in [0.717, 1.165) is 22.8 Å². The predicted molar refractivity (Wildman–Crippen MR) is 85.7 cm³/mol. The number of nitrogens with zero attached hydrogens (tertiary/aromatic N) is 4. The van der Waals surface area contributed by atoms with Gasteiger partial charge >= 0.3 is 0 Å². The Kier molecular flexibility index (Phi) is 4.90. The lowest BCUT2D eigenvalue weighted by atomic mass is 10.1. The summed E-state index contributed by atoms with van der Waals surface area (Å²) in [5.41, 5.74) is 3.60. The number of rotatable bonds is 5. The maximum absolute atomic E-state index is 12.2. The predicted octanol–water partition coefficient (Wildman–Crippen LogP) is 2.15. The second kappa shape index (κ2) is 6.52. The summed E-state index contributed by atoms with van der Waals surface area (Å²) in [4.78, 5) is 12.2. The number of amides is 1. The second-order valence-electron chi connectivity index (χ2n) is 5.69. The number of nitrogens with one attached hydrogen (secondary N) is 1. The van der Waals surface area contributed by atoms with Crippen molar-refractivity contribution in [3.8, 4) is 0 Å². The highest BCUT2D eigenvalue weighted by Gasteiger charge is 2.17. The highest BCUT2D eigenvalue weighted by Crippen LogP contribution is 2.19. The molecule has 2 rings (SSSR count).